The normalized spacial score (nSPS) is 13.9. The number of fused-ring (bicyclic) bond motifs is 3. The van der Waals surface area contributed by atoms with Gasteiger partial charge in [-0.25, -0.2) is 9.55 Å². The summed E-state index contributed by atoms with van der Waals surface area (Å²) in [7, 11) is -4.17. The second-order valence-electron chi connectivity index (χ2n) is 13.1. The molecule has 0 amide bonds. The second kappa shape index (κ2) is 14.3. The van der Waals surface area contributed by atoms with Crippen molar-refractivity contribution in [1.29, 1.82) is 0 Å². The van der Waals surface area contributed by atoms with E-state index < -0.39 is 10.1 Å². The Kier molecular flexibility index (Phi) is 9.18. The molecule has 0 spiro atoms. The van der Waals surface area contributed by atoms with Crippen LogP contribution in [0, 0.1) is 0 Å². The highest BCUT2D eigenvalue weighted by atomic mass is 32.2. The van der Waals surface area contributed by atoms with Crippen LogP contribution in [0.3, 0.4) is 0 Å². The molecular formula is C43H38N5O5S+. The lowest BCUT2D eigenvalue weighted by Gasteiger charge is -2.24. The predicted molar refractivity (Wildman–Crippen MR) is 213 cm³/mol. The lowest BCUT2D eigenvalue weighted by Crippen LogP contribution is -2.37. The summed E-state index contributed by atoms with van der Waals surface area (Å²) in [4.78, 5) is 21.7. The first-order chi connectivity index (χ1) is 26.2. The van der Waals surface area contributed by atoms with Gasteiger partial charge in [-0.3, -0.25) is 14.2 Å². The van der Waals surface area contributed by atoms with Gasteiger partial charge in [0.15, 0.2) is 22.4 Å². The molecule has 1 aliphatic heterocycles. The molecule has 1 N–H and O–H groups in total. The van der Waals surface area contributed by atoms with Crippen molar-refractivity contribution in [3.05, 3.63) is 151 Å². The number of aromatic nitrogens is 3. The van der Waals surface area contributed by atoms with Crippen LogP contribution < -0.4 is 14.4 Å². The van der Waals surface area contributed by atoms with Crippen LogP contribution in [0.4, 0.5) is 17.1 Å². The van der Waals surface area contributed by atoms with E-state index in [1.54, 1.807) is 0 Å². The van der Waals surface area contributed by atoms with E-state index in [4.69, 9.17) is 9.40 Å². The largest absolute Gasteiger partial charge is 0.436 e. The van der Waals surface area contributed by atoms with Gasteiger partial charge in [-0.15, -0.1) is 0 Å². The SMILES string of the molecule is CCN1/C(=C/C=C/c2n(-c3ccccc3)c3ccc(C(C)=O)cc3[n+]2CCCS(=O)(=O)O)N(c2ccccc2)c2ccc(-c3nc4ccccc4o3)cc21. The van der Waals surface area contributed by atoms with Crippen molar-refractivity contribution >= 4 is 61.2 Å². The summed E-state index contributed by atoms with van der Waals surface area (Å²) in [6, 6.07) is 39.7. The maximum atomic E-state index is 12.5. The molecular weight excluding hydrogens is 699 g/mol. The Morgan fingerprint density at radius 1 is 0.870 bits per heavy atom. The minimum absolute atomic E-state index is 0.0728. The number of para-hydroxylation sites is 4. The van der Waals surface area contributed by atoms with E-state index in [0.29, 0.717) is 18.0 Å². The highest BCUT2D eigenvalue weighted by Crippen LogP contribution is 2.47. The zero-order valence-corrected chi connectivity index (χ0v) is 30.6. The molecule has 270 valence electrons. The van der Waals surface area contributed by atoms with Gasteiger partial charge in [-0.2, -0.15) is 13.0 Å². The molecule has 0 fully saturated rings. The van der Waals surface area contributed by atoms with Gasteiger partial charge in [0, 0.05) is 41.9 Å². The Balaban J connectivity index is 1.27. The van der Waals surface area contributed by atoms with Crippen molar-refractivity contribution in [2.75, 3.05) is 22.1 Å². The fourth-order valence-electron chi connectivity index (χ4n) is 7.16. The number of nitrogens with zero attached hydrogens (tertiary/aromatic N) is 5. The maximum absolute atomic E-state index is 12.5. The minimum Gasteiger partial charge on any atom is -0.436 e. The van der Waals surface area contributed by atoms with Gasteiger partial charge in [0.25, 0.3) is 15.9 Å². The number of Topliss-reactive ketones (excluding diaryl/α,β-unsaturated/α-hetero) is 1. The van der Waals surface area contributed by atoms with Gasteiger partial charge >= 0.3 is 0 Å². The van der Waals surface area contributed by atoms with Crippen LogP contribution >= 0.6 is 0 Å². The number of hydrogen-bond donors (Lipinski definition) is 1. The molecule has 10 nitrogen and oxygen atoms in total. The summed E-state index contributed by atoms with van der Waals surface area (Å²) in [5.41, 5.74) is 8.51. The van der Waals surface area contributed by atoms with Crippen LogP contribution in [-0.2, 0) is 16.7 Å². The molecule has 2 aromatic heterocycles. The molecule has 0 radical (unpaired) electrons. The molecule has 54 heavy (non-hydrogen) atoms. The molecule has 8 rings (SSSR count). The number of anilines is 3. The molecule has 0 unspecified atom stereocenters. The Labute approximate surface area is 313 Å². The molecule has 1 aliphatic rings. The van der Waals surface area contributed by atoms with Crippen molar-refractivity contribution < 1.29 is 26.7 Å². The Hall–Kier alpha value is -6.30. The summed E-state index contributed by atoms with van der Waals surface area (Å²) in [6.45, 7) is 4.61. The highest BCUT2D eigenvalue weighted by molar-refractivity contribution is 7.85. The Morgan fingerprint density at radius 3 is 2.30 bits per heavy atom. The third kappa shape index (κ3) is 6.59. The fourth-order valence-corrected chi connectivity index (χ4v) is 7.65. The number of allylic oxidation sites excluding steroid dienone is 2. The molecule has 0 atom stereocenters. The number of oxazole rings is 1. The van der Waals surface area contributed by atoms with Gasteiger partial charge in [0.05, 0.1) is 23.7 Å². The van der Waals surface area contributed by atoms with Crippen LogP contribution in [0.2, 0.25) is 0 Å². The molecule has 11 heteroatoms. The van der Waals surface area contributed by atoms with Crippen LogP contribution in [0.1, 0.15) is 36.5 Å². The highest BCUT2D eigenvalue weighted by Gasteiger charge is 2.32. The molecule has 5 aromatic carbocycles. The van der Waals surface area contributed by atoms with Crippen LogP contribution in [0.25, 0.3) is 45.4 Å². The van der Waals surface area contributed by atoms with Crippen LogP contribution in [-0.4, -0.2) is 40.6 Å². The minimum atomic E-state index is -4.17. The lowest BCUT2D eigenvalue weighted by atomic mass is 10.1. The molecule has 0 saturated carbocycles. The van der Waals surface area contributed by atoms with Crippen molar-refractivity contribution in [1.82, 2.24) is 9.55 Å². The van der Waals surface area contributed by atoms with Gasteiger partial charge < -0.3 is 9.32 Å². The van der Waals surface area contributed by atoms with E-state index >= 15 is 0 Å². The van der Waals surface area contributed by atoms with E-state index in [1.807, 2.05) is 114 Å². The van der Waals surface area contributed by atoms with E-state index in [0.717, 1.165) is 62.1 Å². The van der Waals surface area contributed by atoms with Crippen molar-refractivity contribution in [3.8, 4) is 17.1 Å². The summed E-state index contributed by atoms with van der Waals surface area (Å²) < 4.78 is 43.3. The molecule has 0 bridgehead atoms. The van der Waals surface area contributed by atoms with Gasteiger partial charge in [-0.05, 0) is 86.7 Å². The molecule has 7 aromatic rings. The average Bonchev–Trinajstić information content (AvgIpc) is 3.84. The van der Waals surface area contributed by atoms with Crippen molar-refractivity contribution in [2.45, 2.75) is 26.8 Å². The fraction of sp³-hybridized carbons (Fsp3) is 0.140. The first-order valence-corrected chi connectivity index (χ1v) is 19.4. The summed E-state index contributed by atoms with van der Waals surface area (Å²) >= 11 is 0. The van der Waals surface area contributed by atoms with E-state index in [9.17, 15) is 17.8 Å². The number of benzene rings is 5. The molecule has 0 saturated heterocycles. The van der Waals surface area contributed by atoms with Gasteiger partial charge in [-0.1, -0.05) is 54.6 Å². The second-order valence-corrected chi connectivity index (χ2v) is 14.6. The third-order valence-electron chi connectivity index (χ3n) is 9.59. The predicted octanol–water partition coefficient (Wildman–Crippen LogP) is 8.74. The van der Waals surface area contributed by atoms with Crippen molar-refractivity contribution in [3.63, 3.8) is 0 Å². The number of carbonyl (C=O) groups is 1. The Bertz CT molecular complexity index is 2670. The van der Waals surface area contributed by atoms with Crippen LogP contribution in [0.5, 0.6) is 0 Å². The van der Waals surface area contributed by atoms with E-state index in [2.05, 4.69) is 51.6 Å². The quantitative estimate of drug-likeness (QED) is 0.0798. The average molecular weight is 737 g/mol. The summed E-state index contributed by atoms with van der Waals surface area (Å²) in [6.07, 6.45) is 6.25. The molecule has 0 aliphatic carbocycles. The number of imidazole rings is 1. The smallest absolute Gasteiger partial charge is 0.287 e. The van der Waals surface area contributed by atoms with Gasteiger partial charge in [0.2, 0.25) is 5.89 Å². The molecule has 3 heterocycles. The summed E-state index contributed by atoms with van der Waals surface area (Å²) in [5, 5.41) is 0. The third-order valence-corrected chi connectivity index (χ3v) is 10.4. The zero-order valence-electron chi connectivity index (χ0n) is 29.8. The maximum Gasteiger partial charge on any atom is 0.287 e. The topological polar surface area (TPSA) is 113 Å². The lowest BCUT2D eigenvalue weighted by molar-refractivity contribution is -0.673. The van der Waals surface area contributed by atoms with E-state index in [1.165, 1.54) is 6.92 Å². The van der Waals surface area contributed by atoms with Crippen molar-refractivity contribution in [2.24, 2.45) is 0 Å². The summed E-state index contributed by atoms with van der Waals surface area (Å²) in [5.74, 6) is 1.80. The number of aryl methyl sites for hydroxylation is 1. The Morgan fingerprint density at radius 2 is 1.59 bits per heavy atom. The van der Waals surface area contributed by atoms with Crippen LogP contribution in [0.15, 0.2) is 144 Å². The number of rotatable bonds is 11. The first-order valence-electron chi connectivity index (χ1n) is 17.8. The number of ketones is 1. The number of hydrogen-bond acceptors (Lipinski definition) is 7. The van der Waals surface area contributed by atoms with E-state index in [-0.39, 0.29) is 24.5 Å². The monoisotopic (exact) mass is 736 g/mol. The standard InChI is InChI=1S/C43H37N5O5S/c1-3-45-38-29-32(43-44-35-18-10-11-19-40(35)53-43)23-25-36(38)47(33-14-6-4-7-15-33)41(45)20-12-21-42-46(26-13-27-54(50,51)52)39-28-31(30(2)49)22-24-37(39)48(42)34-16-8-5-9-17-34/h4-12,14-25,28-29H,3,13,26-27H2,1-2H3/p+1. The number of carbonyl (C=O) groups excluding carboxylic acids is 1. The zero-order chi connectivity index (χ0) is 37.4. The first kappa shape index (κ1) is 34.8. The van der Waals surface area contributed by atoms with Gasteiger partial charge in [0.1, 0.15) is 17.0 Å².